The topological polar surface area (TPSA) is 63.1 Å². The summed E-state index contributed by atoms with van der Waals surface area (Å²) in [7, 11) is 0. The molecule has 4 nitrogen and oxygen atoms in total. The van der Waals surface area contributed by atoms with E-state index in [4.69, 9.17) is 16.3 Å². The maximum atomic E-state index is 12.2. The van der Waals surface area contributed by atoms with E-state index in [0.717, 1.165) is 25.9 Å². The molecule has 5 heteroatoms. The Kier molecular flexibility index (Phi) is 5.25. The minimum Gasteiger partial charge on any atom is -0.457 e. The summed E-state index contributed by atoms with van der Waals surface area (Å²) in [6, 6.07) is 6.57. The molecule has 1 heterocycles. The van der Waals surface area contributed by atoms with Crippen LogP contribution in [0.15, 0.2) is 24.3 Å². The van der Waals surface area contributed by atoms with E-state index >= 15 is 0 Å². The van der Waals surface area contributed by atoms with E-state index in [2.05, 4.69) is 5.32 Å². The van der Waals surface area contributed by atoms with Gasteiger partial charge in [0.25, 0.3) is 0 Å². The molecule has 0 bridgehead atoms. The molecule has 0 spiro atoms. The highest BCUT2D eigenvalue weighted by atomic mass is 35.5. The quantitative estimate of drug-likeness (QED) is 0.831. The van der Waals surface area contributed by atoms with Gasteiger partial charge in [0.15, 0.2) is 6.10 Å². The average molecular weight is 313 g/mol. The van der Waals surface area contributed by atoms with Gasteiger partial charge in [0, 0.05) is 23.8 Å². The second-order valence-electron chi connectivity index (χ2n) is 6.12. The zero-order valence-corrected chi connectivity index (χ0v) is 13.3. The van der Waals surface area contributed by atoms with E-state index in [1.54, 1.807) is 24.3 Å². The molecule has 0 aliphatic carbocycles. The van der Waals surface area contributed by atoms with Crippen LogP contribution in [-0.2, 0) is 9.53 Å². The highest BCUT2D eigenvalue weighted by Crippen LogP contribution is 2.30. The number of hydrogen-bond donors (Lipinski definition) is 2. The number of nitrogens with two attached hydrogens (primary N) is 1. The van der Waals surface area contributed by atoms with Crippen molar-refractivity contribution in [1.29, 1.82) is 0 Å². The lowest BCUT2D eigenvalue weighted by atomic mass is 9.83. The number of carbonyl (C=O) groups excluding carboxylic acids is 1. The van der Waals surface area contributed by atoms with Crippen LogP contribution in [-0.4, -0.2) is 29.8 Å². The normalized spacial score (nSPS) is 18.3. The minimum absolute atomic E-state index is 0.337. The molecule has 116 valence electrons. The Bertz CT molecular complexity index is 481. The Labute approximate surface area is 130 Å². The van der Waals surface area contributed by atoms with Gasteiger partial charge in [-0.2, -0.15) is 0 Å². The Morgan fingerprint density at radius 3 is 2.48 bits per heavy atom. The third-order valence-corrected chi connectivity index (χ3v) is 4.45. The molecule has 0 radical (unpaired) electrons. The number of halogens is 1. The maximum Gasteiger partial charge on any atom is 0.340 e. The number of piperidine rings is 1. The van der Waals surface area contributed by atoms with Gasteiger partial charge in [0.05, 0.1) is 13.1 Å². The molecule has 1 unspecified atom stereocenters. The fourth-order valence-electron chi connectivity index (χ4n) is 2.80. The van der Waals surface area contributed by atoms with Crippen molar-refractivity contribution in [2.24, 2.45) is 5.92 Å². The van der Waals surface area contributed by atoms with E-state index in [-0.39, 0.29) is 0 Å². The monoisotopic (exact) mass is 312 g/mol. The number of carbonyl (C=O) groups is 1. The van der Waals surface area contributed by atoms with E-state index in [0.29, 0.717) is 16.5 Å². The van der Waals surface area contributed by atoms with Gasteiger partial charge in [0.1, 0.15) is 5.60 Å². The Morgan fingerprint density at radius 1 is 1.33 bits per heavy atom. The molecular weight excluding hydrogens is 290 g/mol. The molecule has 1 aromatic rings. The summed E-state index contributed by atoms with van der Waals surface area (Å²) >= 11 is 5.80. The lowest BCUT2D eigenvalue weighted by Crippen LogP contribution is -2.86. The third kappa shape index (κ3) is 4.19. The molecule has 1 aliphatic heterocycles. The van der Waals surface area contributed by atoms with Gasteiger partial charge in [-0.1, -0.05) is 23.7 Å². The molecule has 1 aromatic carbocycles. The highest BCUT2D eigenvalue weighted by Gasteiger charge is 2.36. The van der Waals surface area contributed by atoms with Crippen molar-refractivity contribution >= 4 is 17.6 Å². The Balaban J connectivity index is 2.00. The standard InChI is InChI=1S/C16H22ClNO3/c1-16(2,12-7-9-18-10-8-12)21-15(20)14(19)11-3-5-13(17)6-4-11/h3-6,12,14,18-19H,7-10H2,1-2H3/p+1. The number of esters is 1. The van der Waals surface area contributed by atoms with Gasteiger partial charge in [-0.15, -0.1) is 0 Å². The Morgan fingerprint density at radius 2 is 1.90 bits per heavy atom. The minimum atomic E-state index is -1.27. The summed E-state index contributed by atoms with van der Waals surface area (Å²) in [5.74, 6) is -0.263. The summed E-state index contributed by atoms with van der Waals surface area (Å²) in [6.07, 6.45) is 0.783. The molecule has 0 aromatic heterocycles. The SMILES string of the molecule is CC(C)(OC(=O)C(O)c1ccc(Cl)cc1)C1CC[NH2+]CC1. The predicted octanol–water partition coefficient (Wildman–Crippen LogP) is 1.67. The molecule has 1 atom stereocenters. The number of ether oxygens (including phenoxy) is 1. The number of aliphatic hydroxyl groups is 1. The summed E-state index contributed by atoms with van der Waals surface area (Å²) in [6.45, 7) is 5.97. The van der Waals surface area contributed by atoms with Crippen LogP contribution >= 0.6 is 11.6 Å². The molecule has 1 aliphatic rings. The van der Waals surface area contributed by atoms with Gasteiger partial charge < -0.3 is 15.2 Å². The summed E-state index contributed by atoms with van der Waals surface area (Å²) in [5.41, 5.74) is -0.0594. The Hall–Kier alpha value is -1.10. The predicted molar refractivity (Wildman–Crippen MR) is 81.0 cm³/mol. The average Bonchev–Trinajstić information content (AvgIpc) is 2.48. The van der Waals surface area contributed by atoms with Crippen LogP contribution in [0.3, 0.4) is 0 Å². The molecule has 1 saturated heterocycles. The van der Waals surface area contributed by atoms with Crippen molar-refractivity contribution in [3.63, 3.8) is 0 Å². The first-order valence-corrected chi connectivity index (χ1v) is 7.76. The van der Waals surface area contributed by atoms with Gasteiger partial charge in [-0.05, 0) is 31.5 Å². The fourth-order valence-corrected chi connectivity index (χ4v) is 2.93. The van der Waals surface area contributed by atoms with Crippen molar-refractivity contribution in [3.05, 3.63) is 34.9 Å². The molecule has 1 fully saturated rings. The molecule has 21 heavy (non-hydrogen) atoms. The number of aliphatic hydroxyl groups excluding tert-OH is 1. The van der Waals surface area contributed by atoms with Crippen LogP contribution in [0.4, 0.5) is 0 Å². The lowest BCUT2D eigenvalue weighted by molar-refractivity contribution is -0.665. The molecule has 3 N–H and O–H groups in total. The molecule has 2 rings (SSSR count). The number of quaternary nitrogens is 1. The third-order valence-electron chi connectivity index (χ3n) is 4.19. The highest BCUT2D eigenvalue weighted by molar-refractivity contribution is 6.30. The number of benzene rings is 1. The van der Waals surface area contributed by atoms with Crippen LogP contribution in [0.25, 0.3) is 0 Å². The van der Waals surface area contributed by atoms with Crippen LogP contribution in [0.2, 0.25) is 5.02 Å². The maximum absolute atomic E-state index is 12.2. The summed E-state index contributed by atoms with van der Waals surface area (Å²) in [4.78, 5) is 12.2. The van der Waals surface area contributed by atoms with Gasteiger partial charge >= 0.3 is 5.97 Å². The van der Waals surface area contributed by atoms with Crippen LogP contribution < -0.4 is 5.32 Å². The van der Waals surface area contributed by atoms with Crippen LogP contribution in [0.5, 0.6) is 0 Å². The van der Waals surface area contributed by atoms with Crippen molar-refractivity contribution in [3.8, 4) is 0 Å². The largest absolute Gasteiger partial charge is 0.457 e. The zero-order chi connectivity index (χ0) is 15.5. The van der Waals surface area contributed by atoms with Crippen molar-refractivity contribution < 1.29 is 20.0 Å². The second kappa shape index (κ2) is 6.77. The first-order chi connectivity index (χ1) is 9.90. The second-order valence-corrected chi connectivity index (χ2v) is 6.56. The zero-order valence-electron chi connectivity index (χ0n) is 12.5. The van der Waals surface area contributed by atoms with Crippen LogP contribution in [0.1, 0.15) is 38.4 Å². The first-order valence-electron chi connectivity index (χ1n) is 7.38. The number of hydrogen-bond acceptors (Lipinski definition) is 3. The molecule has 0 amide bonds. The smallest absolute Gasteiger partial charge is 0.340 e. The van der Waals surface area contributed by atoms with E-state index in [1.807, 2.05) is 13.8 Å². The van der Waals surface area contributed by atoms with E-state index in [1.165, 1.54) is 0 Å². The van der Waals surface area contributed by atoms with Crippen molar-refractivity contribution in [1.82, 2.24) is 0 Å². The fraction of sp³-hybridized carbons (Fsp3) is 0.562. The lowest BCUT2D eigenvalue weighted by Gasteiger charge is -2.36. The van der Waals surface area contributed by atoms with Crippen molar-refractivity contribution in [2.45, 2.75) is 38.4 Å². The van der Waals surface area contributed by atoms with Gasteiger partial charge in [-0.3, -0.25) is 0 Å². The van der Waals surface area contributed by atoms with E-state index < -0.39 is 17.7 Å². The number of rotatable bonds is 4. The van der Waals surface area contributed by atoms with Crippen molar-refractivity contribution in [2.75, 3.05) is 13.1 Å². The summed E-state index contributed by atoms with van der Waals surface area (Å²) < 4.78 is 5.59. The van der Waals surface area contributed by atoms with E-state index in [9.17, 15) is 9.90 Å². The van der Waals surface area contributed by atoms with Crippen LogP contribution in [0, 0.1) is 5.92 Å². The molecule has 0 saturated carbocycles. The van der Waals surface area contributed by atoms with Gasteiger partial charge in [0.2, 0.25) is 0 Å². The molecular formula is C16H23ClNO3+. The van der Waals surface area contributed by atoms with Gasteiger partial charge in [-0.25, -0.2) is 4.79 Å². The summed E-state index contributed by atoms with van der Waals surface area (Å²) in [5, 5.41) is 13.0. The first kappa shape index (κ1) is 16.3.